The smallest absolute Gasteiger partial charge is 0.133 e. The van der Waals surface area contributed by atoms with Crippen LogP contribution in [-0.2, 0) is 6.54 Å². The Morgan fingerprint density at radius 3 is 2.62 bits per heavy atom. The number of anilines is 1. The second kappa shape index (κ2) is 7.10. The highest BCUT2D eigenvalue weighted by atomic mass is 79.9. The summed E-state index contributed by atoms with van der Waals surface area (Å²) in [6, 6.07) is 2.20. The molecule has 0 aromatic carbocycles. The average Bonchev–Trinajstić information content (AvgIpc) is 2.39. The van der Waals surface area contributed by atoms with Crippen molar-refractivity contribution in [3.8, 4) is 0 Å². The van der Waals surface area contributed by atoms with Gasteiger partial charge in [0.05, 0.1) is 0 Å². The van der Waals surface area contributed by atoms with E-state index < -0.39 is 0 Å². The fraction of sp³-hybridized carbons (Fsp3) is 0.706. The minimum Gasteiger partial charge on any atom is -0.356 e. The molecule has 0 aliphatic carbocycles. The van der Waals surface area contributed by atoms with Crippen LogP contribution in [0.4, 0.5) is 5.82 Å². The van der Waals surface area contributed by atoms with Gasteiger partial charge >= 0.3 is 0 Å². The molecule has 3 nitrogen and oxygen atoms in total. The zero-order valence-corrected chi connectivity index (χ0v) is 15.3. The first-order valence-electron chi connectivity index (χ1n) is 7.97. The molecule has 0 radical (unpaired) electrons. The van der Waals surface area contributed by atoms with E-state index in [0.717, 1.165) is 36.5 Å². The molecule has 2 rings (SSSR count). The quantitative estimate of drug-likeness (QED) is 0.858. The summed E-state index contributed by atoms with van der Waals surface area (Å²) in [5.74, 6) is 1.83. The highest BCUT2D eigenvalue weighted by Crippen LogP contribution is 2.33. The van der Waals surface area contributed by atoms with Crippen LogP contribution in [0, 0.1) is 11.3 Å². The molecule has 1 aliphatic rings. The van der Waals surface area contributed by atoms with Crippen LogP contribution in [0.2, 0.25) is 0 Å². The van der Waals surface area contributed by atoms with Gasteiger partial charge in [0.1, 0.15) is 5.82 Å². The van der Waals surface area contributed by atoms with Gasteiger partial charge in [0.2, 0.25) is 0 Å². The number of hydrogen-bond acceptors (Lipinski definition) is 3. The van der Waals surface area contributed by atoms with Gasteiger partial charge in [-0.2, -0.15) is 0 Å². The minimum atomic E-state index is 0.474. The lowest BCUT2D eigenvalue weighted by Gasteiger charge is -2.38. The Morgan fingerprint density at radius 2 is 2.00 bits per heavy atom. The maximum Gasteiger partial charge on any atom is 0.133 e. The van der Waals surface area contributed by atoms with Crippen molar-refractivity contribution in [2.24, 2.45) is 11.3 Å². The number of nitrogens with zero attached hydrogens (tertiary/aromatic N) is 2. The molecule has 21 heavy (non-hydrogen) atoms. The largest absolute Gasteiger partial charge is 0.356 e. The minimum absolute atomic E-state index is 0.474. The Kier molecular flexibility index (Phi) is 5.67. The molecular formula is C17H28BrN3. The average molecular weight is 354 g/mol. The van der Waals surface area contributed by atoms with Crippen molar-refractivity contribution in [3.63, 3.8) is 0 Å². The van der Waals surface area contributed by atoms with Gasteiger partial charge in [0.15, 0.2) is 0 Å². The number of aromatic nitrogens is 1. The number of pyridine rings is 1. The Bertz CT molecular complexity index is 461. The predicted octanol–water partition coefficient (Wildman–Crippen LogP) is 4.22. The van der Waals surface area contributed by atoms with E-state index in [2.05, 4.69) is 64.9 Å². The number of rotatable bonds is 5. The topological polar surface area (TPSA) is 28.2 Å². The molecule has 1 aliphatic heterocycles. The Hall–Kier alpha value is -0.610. The SMILES string of the molecule is CC(C)CNCc1cc(Br)cnc1N1CCC(C)(C)CC1. The second-order valence-electron chi connectivity index (χ2n) is 7.31. The third-order valence-corrected chi connectivity index (χ3v) is 4.63. The van der Waals surface area contributed by atoms with Crippen LogP contribution >= 0.6 is 15.9 Å². The Labute approximate surface area is 137 Å². The van der Waals surface area contributed by atoms with Crippen molar-refractivity contribution in [3.05, 3.63) is 22.3 Å². The summed E-state index contributed by atoms with van der Waals surface area (Å²) in [6.45, 7) is 13.4. The van der Waals surface area contributed by atoms with Gasteiger partial charge in [0, 0.05) is 35.9 Å². The monoisotopic (exact) mass is 353 g/mol. The molecule has 0 unspecified atom stereocenters. The molecule has 2 heterocycles. The third kappa shape index (κ3) is 4.96. The summed E-state index contributed by atoms with van der Waals surface area (Å²) >= 11 is 3.55. The standard InChI is InChI=1S/C17H28BrN3/c1-13(2)10-19-11-14-9-15(18)12-20-16(14)21-7-5-17(3,4)6-8-21/h9,12-13,19H,5-8,10-11H2,1-4H3. The van der Waals surface area contributed by atoms with E-state index in [4.69, 9.17) is 0 Å². The highest BCUT2D eigenvalue weighted by Gasteiger charge is 2.27. The van der Waals surface area contributed by atoms with Crippen LogP contribution < -0.4 is 10.2 Å². The highest BCUT2D eigenvalue weighted by molar-refractivity contribution is 9.10. The Balaban J connectivity index is 2.08. The van der Waals surface area contributed by atoms with Crippen LogP contribution in [0.15, 0.2) is 16.7 Å². The summed E-state index contributed by atoms with van der Waals surface area (Å²) in [4.78, 5) is 7.13. The van der Waals surface area contributed by atoms with Crippen molar-refractivity contribution in [2.45, 2.75) is 47.1 Å². The summed E-state index contributed by atoms with van der Waals surface area (Å²) in [5, 5.41) is 3.54. The van der Waals surface area contributed by atoms with E-state index in [1.165, 1.54) is 18.4 Å². The third-order valence-electron chi connectivity index (χ3n) is 4.19. The second-order valence-corrected chi connectivity index (χ2v) is 8.23. The van der Waals surface area contributed by atoms with E-state index in [1.807, 2.05) is 6.20 Å². The molecule has 4 heteroatoms. The summed E-state index contributed by atoms with van der Waals surface area (Å²) in [6.07, 6.45) is 4.40. The number of hydrogen-bond donors (Lipinski definition) is 1. The van der Waals surface area contributed by atoms with Crippen molar-refractivity contribution in [2.75, 3.05) is 24.5 Å². The molecule has 0 atom stereocenters. The van der Waals surface area contributed by atoms with Gasteiger partial charge in [-0.15, -0.1) is 0 Å². The first-order valence-corrected chi connectivity index (χ1v) is 8.77. The number of halogens is 1. The molecule has 1 aromatic rings. The van der Waals surface area contributed by atoms with Crippen LogP contribution in [0.5, 0.6) is 0 Å². The lowest BCUT2D eigenvalue weighted by atomic mass is 9.82. The molecular weight excluding hydrogens is 326 g/mol. The Morgan fingerprint density at radius 1 is 1.33 bits per heavy atom. The first kappa shape index (κ1) is 16.8. The summed E-state index contributed by atoms with van der Waals surface area (Å²) in [5.41, 5.74) is 1.77. The van der Waals surface area contributed by atoms with Crippen molar-refractivity contribution >= 4 is 21.7 Å². The van der Waals surface area contributed by atoms with Crippen LogP contribution in [-0.4, -0.2) is 24.6 Å². The van der Waals surface area contributed by atoms with Crippen molar-refractivity contribution in [1.29, 1.82) is 0 Å². The zero-order valence-electron chi connectivity index (χ0n) is 13.7. The van der Waals surface area contributed by atoms with Crippen LogP contribution in [0.1, 0.15) is 46.1 Å². The van der Waals surface area contributed by atoms with Gasteiger partial charge in [-0.1, -0.05) is 27.7 Å². The van der Waals surface area contributed by atoms with E-state index in [1.54, 1.807) is 0 Å². The molecule has 118 valence electrons. The first-order chi connectivity index (χ1) is 9.87. The van der Waals surface area contributed by atoms with E-state index in [-0.39, 0.29) is 0 Å². The fourth-order valence-electron chi connectivity index (χ4n) is 2.71. The van der Waals surface area contributed by atoms with Gasteiger partial charge in [-0.25, -0.2) is 4.98 Å². The van der Waals surface area contributed by atoms with Crippen molar-refractivity contribution in [1.82, 2.24) is 10.3 Å². The molecule has 1 fully saturated rings. The van der Waals surface area contributed by atoms with Gasteiger partial charge < -0.3 is 10.2 Å². The fourth-order valence-corrected chi connectivity index (χ4v) is 3.09. The van der Waals surface area contributed by atoms with Crippen LogP contribution in [0.25, 0.3) is 0 Å². The molecule has 0 amide bonds. The van der Waals surface area contributed by atoms with E-state index >= 15 is 0 Å². The van der Waals surface area contributed by atoms with Gasteiger partial charge in [0.25, 0.3) is 0 Å². The maximum absolute atomic E-state index is 4.69. The van der Waals surface area contributed by atoms with Gasteiger partial charge in [-0.05, 0) is 52.7 Å². The van der Waals surface area contributed by atoms with Crippen LogP contribution in [0.3, 0.4) is 0 Å². The molecule has 1 saturated heterocycles. The lowest BCUT2D eigenvalue weighted by Crippen LogP contribution is -2.38. The maximum atomic E-state index is 4.69. The summed E-state index contributed by atoms with van der Waals surface area (Å²) < 4.78 is 1.06. The summed E-state index contributed by atoms with van der Waals surface area (Å²) in [7, 11) is 0. The predicted molar refractivity (Wildman–Crippen MR) is 93.7 cm³/mol. The molecule has 1 N–H and O–H groups in total. The number of nitrogens with one attached hydrogen (secondary N) is 1. The lowest BCUT2D eigenvalue weighted by molar-refractivity contribution is 0.279. The molecule has 0 saturated carbocycles. The molecule has 0 bridgehead atoms. The van der Waals surface area contributed by atoms with E-state index in [9.17, 15) is 0 Å². The van der Waals surface area contributed by atoms with E-state index in [0.29, 0.717) is 11.3 Å². The molecule has 0 spiro atoms. The zero-order chi connectivity index (χ0) is 15.5. The van der Waals surface area contributed by atoms with Crippen molar-refractivity contribution < 1.29 is 0 Å². The number of piperidine rings is 1. The molecule has 1 aromatic heterocycles. The van der Waals surface area contributed by atoms with Gasteiger partial charge in [-0.3, -0.25) is 0 Å². The normalized spacial score (nSPS) is 18.3.